The van der Waals surface area contributed by atoms with Crippen LogP contribution in [-0.2, 0) is 0 Å². The van der Waals surface area contributed by atoms with Gasteiger partial charge in [-0.1, -0.05) is 6.42 Å². The first kappa shape index (κ1) is 14.7. The molecule has 114 valence electrons. The number of nitrogens with one attached hydrogen (secondary N) is 3. The lowest BCUT2D eigenvalue weighted by Gasteiger charge is -2.54. The van der Waals surface area contributed by atoms with Gasteiger partial charge in [-0.3, -0.25) is 9.52 Å². The molecule has 2 fully saturated rings. The molecule has 1 aromatic rings. The molecule has 2 aliphatic carbocycles. The fourth-order valence-corrected chi connectivity index (χ4v) is 4.09. The van der Waals surface area contributed by atoms with Crippen LogP contribution in [0, 0.1) is 5.41 Å². The highest BCUT2D eigenvalue weighted by Gasteiger charge is 2.48. The van der Waals surface area contributed by atoms with Crippen LogP contribution in [0.25, 0.3) is 0 Å². The Labute approximate surface area is 130 Å². The molecule has 3 N–H and O–H groups in total. The van der Waals surface area contributed by atoms with Crippen LogP contribution in [0.3, 0.4) is 0 Å². The minimum atomic E-state index is -0.0336. The number of hydrogen-bond acceptors (Lipinski definition) is 4. The molecule has 1 aromatic carbocycles. The monoisotopic (exact) mass is 305 g/mol. The normalized spacial score (nSPS) is 19.7. The second-order valence-corrected chi connectivity index (χ2v) is 7.28. The lowest BCUT2D eigenvalue weighted by molar-refractivity contribution is 0.0192. The Morgan fingerprint density at radius 1 is 1.29 bits per heavy atom. The molecule has 4 nitrogen and oxygen atoms in total. The summed E-state index contributed by atoms with van der Waals surface area (Å²) in [5.41, 5.74) is 2.33. The van der Waals surface area contributed by atoms with E-state index in [1.54, 1.807) is 7.05 Å². The van der Waals surface area contributed by atoms with E-state index >= 15 is 0 Å². The third-order valence-electron chi connectivity index (χ3n) is 4.82. The number of carbonyl (C=O) groups excluding carboxylic acids is 1. The molecule has 21 heavy (non-hydrogen) atoms. The minimum Gasteiger partial charge on any atom is -0.382 e. The van der Waals surface area contributed by atoms with Crippen molar-refractivity contribution in [2.75, 3.05) is 19.4 Å². The first-order chi connectivity index (χ1) is 10.2. The summed E-state index contributed by atoms with van der Waals surface area (Å²) < 4.78 is 3.04. The van der Waals surface area contributed by atoms with Crippen LogP contribution in [0.15, 0.2) is 23.1 Å². The molecule has 5 heteroatoms. The van der Waals surface area contributed by atoms with Crippen LogP contribution in [0.5, 0.6) is 0 Å². The summed E-state index contributed by atoms with van der Waals surface area (Å²) in [6, 6.07) is 6.54. The molecule has 0 aromatic heterocycles. The van der Waals surface area contributed by atoms with Gasteiger partial charge in [0.25, 0.3) is 5.91 Å². The predicted octanol–water partition coefficient (Wildman–Crippen LogP) is 3.02. The van der Waals surface area contributed by atoms with E-state index in [9.17, 15) is 4.79 Å². The molecule has 0 saturated heterocycles. The van der Waals surface area contributed by atoms with Gasteiger partial charge in [-0.2, -0.15) is 0 Å². The van der Waals surface area contributed by atoms with Crippen molar-refractivity contribution in [3.63, 3.8) is 0 Å². The average Bonchev–Trinajstić information content (AvgIpc) is 2.40. The fraction of sp³-hybridized carbons (Fsp3) is 0.562. The zero-order valence-corrected chi connectivity index (χ0v) is 13.5. The zero-order valence-electron chi connectivity index (χ0n) is 12.7. The highest BCUT2D eigenvalue weighted by atomic mass is 32.2. The second kappa shape index (κ2) is 5.89. The summed E-state index contributed by atoms with van der Waals surface area (Å²) in [7, 11) is 3.56. The maximum Gasteiger partial charge on any atom is 0.253 e. The van der Waals surface area contributed by atoms with Gasteiger partial charge in [0, 0.05) is 23.7 Å². The maximum atomic E-state index is 12.1. The summed E-state index contributed by atoms with van der Waals surface area (Å²) >= 11 is 1.52. The molecule has 0 aliphatic heterocycles. The Hall–Kier alpha value is -1.20. The van der Waals surface area contributed by atoms with Crippen molar-refractivity contribution in [1.29, 1.82) is 0 Å². The van der Waals surface area contributed by atoms with E-state index in [1.807, 2.05) is 25.2 Å². The predicted molar refractivity (Wildman–Crippen MR) is 87.7 cm³/mol. The van der Waals surface area contributed by atoms with Gasteiger partial charge in [0.2, 0.25) is 0 Å². The number of benzene rings is 1. The van der Waals surface area contributed by atoms with E-state index in [-0.39, 0.29) is 5.91 Å². The molecule has 0 radical (unpaired) electrons. The minimum absolute atomic E-state index is 0.0336. The third-order valence-corrected chi connectivity index (χ3v) is 5.51. The van der Waals surface area contributed by atoms with Crippen molar-refractivity contribution in [3.8, 4) is 0 Å². The summed E-state index contributed by atoms with van der Waals surface area (Å²) in [5, 5.41) is 6.29. The van der Waals surface area contributed by atoms with Crippen LogP contribution in [-0.4, -0.2) is 26.0 Å². The van der Waals surface area contributed by atoms with Gasteiger partial charge in [-0.05, 0) is 68.3 Å². The lowest BCUT2D eigenvalue weighted by atomic mass is 9.54. The Kier molecular flexibility index (Phi) is 4.13. The number of rotatable bonds is 5. The molecule has 0 unspecified atom stereocenters. The highest BCUT2D eigenvalue weighted by molar-refractivity contribution is 7.97. The average molecular weight is 305 g/mol. The van der Waals surface area contributed by atoms with Crippen LogP contribution in [0.4, 0.5) is 5.69 Å². The molecule has 0 heterocycles. The van der Waals surface area contributed by atoms with Gasteiger partial charge in [-0.15, -0.1) is 0 Å². The molecular formula is C16H23N3OS. The van der Waals surface area contributed by atoms with Crippen molar-refractivity contribution in [2.24, 2.45) is 5.41 Å². The standard InChI is InChI=1S/C16H23N3OS/c1-17-15(20)13-8-12(21-18-2)4-5-14(13)19-11-9-16(10-11)6-3-7-16/h4-5,8,11,18-19H,3,6-7,9-10H2,1-2H3,(H,17,20). The molecule has 2 aliphatic rings. The molecule has 3 rings (SSSR count). The molecule has 1 amide bonds. The van der Waals surface area contributed by atoms with Gasteiger partial charge in [-0.25, -0.2) is 0 Å². The largest absolute Gasteiger partial charge is 0.382 e. The van der Waals surface area contributed by atoms with Crippen LogP contribution in [0.2, 0.25) is 0 Å². The second-order valence-electron chi connectivity index (χ2n) is 6.20. The smallest absolute Gasteiger partial charge is 0.253 e. The summed E-state index contributed by atoms with van der Waals surface area (Å²) in [6.45, 7) is 0. The van der Waals surface area contributed by atoms with Gasteiger partial charge in [0.05, 0.1) is 5.56 Å². The van der Waals surface area contributed by atoms with Crippen LogP contribution in [0.1, 0.15) is 42.5 Å². The van der Waals surface area contributed by atoms with Gasteiger partial charge >= 0.3 is 0 Å². The van der Waals surface area contributed by atoms with Gasteiger partial charge in [0.15, 0.2) is 0 Å². The van der Waals surface area contributed by atoms with E-state index in [2.05, 4.69) is 15.4 Å². The molecular weight excluding hydrogens is 282 g/mol. The maximum absolute atomic E-state index is 12.1. The first-order valence-corrected chi connectivity index (χ1v) is 8.44. The highest BCUT2D eigenvalue weighted by Crippen LogP contribution is 2.56. The van der Waals surface area contributed by atoms with Crippen molar-refractivity contribution >= 4 is 23.5 Å². The molecule has 2 saturated carbocycles. The van der Waals surface area contributed by atoms with Crippen molar-refractivity contribution in [2.45, 2.75) is 43.0 Å². The summed E-state index contributed by atoms with van der Waals surface area (Å²) in [6.07, 6.45) is 6.70. The number of carbonyl (C=O) groups is 1. The van der Waals surface area contributed by atoms with Crippen LogP contribution >= 0.6 is 11.9 Å². The fourth-order valence-electron chi connectivity index (χ4n) is 3.55. The topological polar surface area (TPSA) is 53.2 Å². The molecule has 1 spiro atoms. The number of anilines is 1. The van der Waals surface area contributed by atoms with E-state index in [4.69, 9.17) is 0 Å². The number of hydrogen-bond donors (Lipinski definition) is 3. The Morgan fingerprint density at radius 2 is 2.05 bits per heavy atom. The lowest BCUT2D eigenvalue weighted by Crippen LogP contribution is -2.49. The van der Waals surface area contributed by atoms with Gasteiger partial charge < -0.3 is 10.6 Å². The summed E-state index contributed by atoms with van der Waals surface area (Å²) in [4.78, 5) is 13.1. The number of amides is 1. The Bertz CT molecular complexity index is 534. The van der Waals surface area contributed by atoms with Crippen molar-refractivity contribution in [1.82, 2.24) is 10.0 Å². The quantitative estimate of drug-likeness (QED) is 0.732. The van der Waals surface area contributed by atoms with E-state index in [1.165, 1.54) is 44.1 Å². The third kappa shape index (κ3) is 2.90. The molecule has 0 bridgehead atoms. The Balaban J connectivity index is 1.72. The van der Waals surface area contributed by atoms with Gasteiger partial charge in [0.1, 0.15) is 0 Å². The SMILES string of the molecule is CNSc1ccc(NC2CC3(CCC3)C2)c(C(=O)NC)c1. The molecule has 0 atom stereocenters. The summed E-state index contributed by atoms with van der Waals surface area (Å²) in [5.74, 6) is -0.0336. The van der Waals surface area contributed by atoms with E-state index in [0.717, 1.165) is 16.1 Å². The Morgan fingerprint density at radius 3 is 2.62 bits per heavy atom. The van der Waals surface area contributed by atoms with Crippen molar-refractivity contribution < 1.29 is 4.79 Å². The van der Waals surface area contributed by atoms with E-state index in [0.29, 0.717) is 11.5 Å². The first-order valence-electron chi connectivity index (χ1n) is 7.62. The zero-order chi connectivity index (χ0) is 14.9. The van der Waals surface area contributed by atoms with E-state index < -0.39 is 0 Å². The van der Waals surface area contributed by atoms with Crippen LogP contribution < -0.4 is 15.4 Å². The van der Waals surface area contributed by atoms with Crippen molar-refractivity contribution in [3.05, 3.63) is 23.8 Å².